The first-order chi connectivity index (χ1) is 5.16. The summed E-state index contributed by atoms with van der Waals surface area (Å²) < 4.78 is 0. The highest BCUT2D eigenvalue weighted by Gasteiger charge is 2.26. The van der Waals surface area contributed by atoms with Crippen molar-refractivity contribution in [2.75, 3.05) is 0 Å². The van der Waals surface area contributed by atoms with Gasteiger partial charge < -0.3 is 5.11 Å². The Morgan fingerprint density at radius 1 is 1.82 bits per heavy atom. The number of aliphatic hydroxyl groups is 1. The summed E-state index contributed by atoms with van der Waals surface area (Å²) in [6.45, 7) is 5.76. The van der Waals surface area contributed by atoms with Crippen LogP contribution in [0.3, 0.4) is 0 Å². The van der Waals surface area contributed by atoms with Crippen molar-refractivity contribution in [2.45, 2.75) is 38.2 Å². The van der Waals surface area contributed by atoms with Crippen LogP contribution in [0.1, 0.15) is 32.6 Å². The van der Waals surface area contributed by atoms with Crippen molar-refractivity contribution in [3.63, 3.8) is 0 Å². The van der Waals surface area contributed by atoms with E-state index in [-0.39, 0.29) is 0 Å². The van der Waals surface area contributed by atoms with E-state index in [9.17, 15) is 5.11 Å². The minimum absolute atomic E-state index is 0.485. The normalized spacial score (nSPS) is 31.3. The SMILES string of the molecule is C=CCC1(O)CC=C(C)CC1. The lowest BCUT2D eigenvalue weighted by Gasteiger charge is -2.29. The van der Waals surface area contributed by atoms with Gasteiger partial charge in [-0.1, -0.05) is 17.7 Å². The van der Waals surface area contributed by atoms with Crippen LogP contribution < -0.4 is 0 Å². The minimum atomic E-state index is -0.485. The van der Waals surface area contributed by atoms with Crippen LogP contribution >= 0.6 is 0 Å². The van der Waals surface area contributed by atoms with Gasteiger partial charge in [0.05, 0.1) is 5.60 Å². The van der Waals surface area contributed by atoms with Gasteiger partial charge in [-0.3, -0.25) is 0 Å². The number of hydrogen-bond donors (Lipinski definition) is 1. The number of rotatable bonds is 2. The Morgan fingerprint density at radius 2 is 2.55 bits per heavy atom. The molecule has 0 aliphatic heterocycles. The van der Waals surface area contributed by atoms with Gasteiger partial charge in [0.15, 0.2) is 0 Å². The zero-order valence-electron chi connectivity index (χ0n) is 7.14. The highest BCUT2D eigenvalue weighted by atomic mass is 16.3. The van der Waals surface area contributed by atoms with Crippen molar-refractivity contribution < 1.29 is 5.11 Å². The van der Waals surface area contributed by atoms with Crippen molar-refractivity contribution in [1.82, 2.24) is 0 Å². The van der Waals surface area contributed by atoms with E-state index in [2.05, 4.69) is 19.6 Å². The predicted molar refractivity (Wildman–Crippen MR) is 47.4 cm³/mol. The summed E-state index contributed by atoms with van der Waals surface area (Å²) in [6, 6.07) is 0. The molecule has 0 heterocycles. The molecule has 1 unspecified atom stereocenters. The Kier molecular flexibility index (Phi) is 2.50. The first kappa shape index (κ1) is 8.54. The number of hydrogen-bond acceptors (Lipinski definition) is 1. The van der Waals surface area contributed by atoms with Crippen molar-refractivity contribution in [1.29, 1.82) is 0 Å². The molecule has 1 aliphatic carbocycles. The molecule has 0 aromatic heterocycles. The third-order valence-corrected chi connectivity index (χ3v) is 2.34. The summed E-state index contributed by atoms with van der Waals surface area (Å²) >= 11 is 0. The second-order valence-corrected chi connectivity index (χ2v) is 3.47. The van der Waals surface area contributed by atoms with E-state index in [4.69, 9.17) is 0 Å². The Morgan fingerprint density at radius 3 is 3.00 bits per heavy atom. The van der Waals surface area contributed by atoms with Crippen LogP contribution in [-0.2, 0) is 0 Å². The summed E-state index contributed by atoms with van der Waals surface area (Å²) in [5, 5.41) is 9.87. The Hall–Kier alpha value is -0.560. The maximum atomic E-state index is 9.87. The molecule has 0 radical (unpaired) electrons. The molecule has 0 aromatic carbocycles. The second kappa shape index (κ2) is 3.22. The fourth-order valence-corrected chi connectivity index (χ4v) is 1.45. The van der Waals surface area contributed by atoms with Crippen molar-refractivity contribution in [3.05, 3.63) is 24.3 Å². The molecule has 62 valence electrons. The first-order valence-electron chi connectivity index (χ1n) is 4.15. The molecule has 1 atom stereocenters. The minimum Gasteiger partial charge on any atom is -0.389 e. The van der Waals surface area contributed by atoms with E-state index in [1.165, 1.54) is 5.57 Å². The Labute approximate surface area is 68.4 Å². The Bertz CT molecular complexity index is 181. The molecule has 1 nitrogen and oxygen atoms in total. The van der Waals surface area contributed by atoms with Crippen LogP contribution in [0.4, 0.5) is 0 Å². The van der Waals surface area contributed by atoms with E-state index in [0.717, 1.165) is 25.7 Å². The second-order valence-electron chi connectivity index (χ2n) is 3.47. The van der Waals surface area contributed by atoms with Crippen LogP contribution in [0.2, 0.25) is 0 Å². The summed E-state index contributed by atoms with van der Waals surface area (Å²) in [5.41, 5.74) is 0.917. The third kappa shape index (κ3) is 2.19. The molecule has 0 bridgehead atoms. The average molecular weight is 152 g/mol. The van der Waals surface area contributed by atoms with Gasteiger partial charge in [-0.25, -0.2) is 0 Å². The summed E-state index contributed by atoms with van der Waals surface area (Å²) in [7, 11) is 0. The molecular formula is C10H16O. The molecule has 0 saturated heterocycles. The topological polar surface area (TPSA) is 20.2 Å². The summed E-state index contributed by atoms with van der Waals surface area (Å²) in [6.07, 6.45) is 7.37. The fraction of sp³-hybridized carbons (Fsp3) is 0.600. The van der Waals surface area contributed by atoms with Gasteiger partial charge in [0.25, 0.3) is 0 Å². The predicted octanol–water partition coefficient (Wildman–Crippen LogP) is 2.42. The van der Waals surface area contributed by atoms with Crippen LogP contribution in [-0.4, -0.2) is 10.7 Å². The first-order valence-corrected chi connectivity index (χ1v) is 4.15. The molecule has 11 heavy (non-hydrogen) atoms. The van der Waals surface area contributed by atoms with E-state index in [1.807, 2.05) is 0 Å². The van der Waals surface area contributed by atoms with Gasteiger partial charge >= 0.3 is 0 Å². The van der Waals surface area contributed by atoms with Crippen LogP contribution in [0.25, 0.3) is 0 Å². The van der Waals surface area contributed by atoms with Crippen LogP contribution in [0, 0.1) is 0 Å². The highest BCUT2D eigenvalue weighted by Crippen LogP contribution is 2.29. The molecule has 1 heteroatoms. The fourth-order valence-electron chi connectivity index (χ4n) is 1.45. The summed E-state index contributed by atoms with van der Waals surface area (Å²) in [4.78, 5) is 0. The standard InChI is InChI=1S/C10H16O/c1-3-6-10(11)7-4-9(2)5-8-10/h3-4,11H,1,5-8H2,2H3. The van der Waals surface area contributed by atoms with Gasteiger partial charge in [0.1, 0.15) is 0 Å². The molecule has 0 spiro atoms. The van der Waals surface area contributed by atoms with Gasteiger partial charge in [-0.15, -0.1) is 6.58 Å². The number of allylic oxidation sites excluding steroid dienone is 1. The van der Waals surface area contributed by atoms with Crippen molar-refractivity contribution >= 4 is 0 Å². The van der Waals surface area contributed by atoms with Crippen molar-refractivity contribution in [3.8, 4) is 0 Å². The van der Waals surface area contributed by atoms with Gasteiger partial charge in [-0.05, 0) is 32.6 Å². The zero-order chi connectivity index (χ0) is 8.32. The highest BCUT2D eigenvalue weighted by molar-refractivity contribution is 5.08. The lowest BCUT2D eigenvalue weighted by Crippen LogP contribution is -2.29. The zero-order valence-corrected chi connectivity index (χ0v) is 7.14. The molecular weight excluding hydrogens is 136 g/mol. The summed E-state index contributed by atoms with van der Waals surface area (Å²) in [5.74, 6) is 0. The van der Waals surface area contributed by atoms with Gasteiger partial charge in [-0.2, -0.15) is 0 Å². The van der Waals surface area contributed by atoms with E-state index >= 15 is 0 Å². The largest absolute Gasteiger partial charge is 0.389 e. The average Bonchev–Trinajstić information content (AvgIpc) is 1.97. The third-order valence-electron chi connectivity index (χ3n) is 2.34. The molecule has 1 aliphatic rings. The van der Waals surface area contributed by atoms with Crippen LogP contribution in [0.15, 0.2) is 24.3 Å². The maximum absolute atomic E-state index is 9.87. The monoisotopic (exact) mass is 152 g/mol. The molecule has 0 saturated carbocycles. The van der Waals surface area contributed by atoms with Crippen LogP contribution in [0.5, 0.6) is 0 Å². The molecule has 1 N–H and O–H groups in total. The lowest BCUT2D eigenvalue weighted by atomic mass is 9.84. The van der Waals surface area contributed by atoms with Gasteiger partial charge in [0, 0.05) is 0 Å². The smallest absolute Gasteiger partial charge is 0.0719 e. The van der Waals surface area contributed by atoms with Crippen molar-refractivity contribution in [2.24, 2.45) is 0 Å². The van der Waals surface area contributed by atoms with E-state index in [1.54, 1.807) is 6.08 Å². The lowest BCUT2D eigenvalue weighted by molar-refractivity contribution is 0.0330. The maximum Gasteiger partial charge on any atom is 0.0719 e. The Balaban J connectivity index is 2.56. The quantitative estimate of drug-likeness (QED) is 0.602. The van der Waals surface area contributed by atoms with E-state index in [0.29, 0.717) is 0 Å². The van der Waals surface area contributed by atoms with E-state index < -0.39 is 5.60 Å². The molecule has 0 amide bonds. The molecule has 0 aromatic rings. The van der Waals surface area contributed by atoms with Gasteiger partial charge in [0.2, 0.25) is 0 Å². The molecule has 0 fully saturated rings. The molecule has 1 rings (SSSR count).